The van der Waals surface area contributed by atoms with Crippen LogP contribution in [0.4, 0.5) is 0 Å². The van der Waals surface area contributed by atoms with Crippen molar-refractivity contribution < 1.29 is 32.9 Å². The van der Waals surface area contributed by atoms with Crippen LogP contribution in [0.2, 0.25) is 0 Å². The third-order valence-corrected chi connectivity index (χ3v) is 13.3. The van der Waals surface area contributed by atoms with Crippen molar-refractivity contribution in [3.8, 4) is 0 Å². The van der Waals surface area contributed by atoms with Crippen molar-refractivity contribution in [1.82, 2.24) is 5.32 Å². The first-order valence-electron chi connectivity index (χ1n) is 26.4. The van der Waals surface area contributed by atoms with E-state index < -0.39 is 20.0 Å². The third-order valence-electron chi connectivity index (χ3n) is 12.4. The quantitative estimate of drug-likeness (QED) is 0.0319. The summed E-state index contributed by atoms with van der Waals surface area (Å²) in [6.45, 7) is 4.93. The number of amides is 1. The second kappa shape index (κ2) is 43.7. The number of quaternary nitrogens is 1. The second-order valence-corrected chi connectivity index (χ2v) is 21.1. The number of carbonyl (C=O) groups is 1. The van der Waals surface area contributed by atoms with Crippen LogP contribution in [-0.4, -0.2) is 73.4 Å². The fraction of sp³-hybridized carbons (Fsp3) is 0.980. The van der Waals surface area contributed by atoms with Gasteiger partial charge in [-0.15, -0.1) is 0 Å². The van der Waals surface area contributed by atoms with Crippen LogP contribution in [0.25, 0.3) is 0 Å². The molecule has 1 amide bonds. The van der Waals surface area contributed by atoms with Gasteiger partial charge in [0, 0.05) is 6.42 Å². The lowest BCUT2D eigenvalue weighted by Gasteiger charge is -2.26. The number of carbonyl (C=O) groups excluding carboxylic acids is 1. The molecule has 3 unspecified atom stereocenters. The summed E-state index contributed by atoms with van der Waals surface area (Å²) in [5, 5.41) is 14.0. The lowest BCUT2D eigenvalue weighted by molar-refractivity contribution is -0.870. The second-order valence-electron chi connectivity index (χ2n) is 19.6. The molecule has 0 aliphatic rings. The van der Waals surface area contributed by atoms with Gasteiger partial charge in [0.15, 0.2) is 0 Å². The molecule has 0 fully saturated rings. The van der Waals surface area contributed by atoms with Crippen molar-refractivity contribution in [2.24, 2.45) is 0 Å². The number of rotatable bonds is 49. The SMILES string of the molecule is CCCCCCCCCCCCCCCCCCCCCCCCCCC(O)C(COP(=O)(O)OCC[N+](C)(C)C)NC(=O)CCCCCCCCCCCCCCCC. The van der Waals surface area contributed by atoms with E-state index >= 15 is 0 Å². The fourth-order valence-electron chi connectivity index (χ4n) is 8.17. The van der Waals surface area contributed by atoms with Gasteiger partial charge in [-0.2, -0.15) is 0 Å². The molecule has 0 saturated carbocycles. The Kier molecular flexibility index (Phi) is 43.4. The van der Waals surface area contributed by atoms with Crippen molar-refractivity contribution in [2.75, 3.05) is 40.9 Å². The van der Waals surface area contributed by atoms with Crippen LogP contribution in [0.15, 0.2) is 0 Å². The van der Waals surface area contributed by atoms with Crippen molar-refractivity contribution in [2.45, 2.75) is 283 Å². The van der Waals surface area contributed by atoms with E-state index in [1.165, 1.54) is 205 Å². The summed E-state index contributed by atoms with van der Waals surface area (Å²) in [5.74, 6) is -0.139. The molecule has 0 radical (unpaired) electrons. The molecule has 60 heavy (non-hydrogen) atoms. The molecule has 8 nitrogen and oxygen atoms in total. The molecular formula is C51H106N2O6P+. The largest absolute Gasteiger partial charge is 0.472 e. The van der Waals surface area contributed by atoms with Crippen LogP contribution in [0.3, 0.4) is 0 Å². The Morgan fingerprint density at radius 3 is 1.12 bits per heavy atom. The number of phosphoric acid groups is 1. The number of aliphatic hydroxyl groups is 1. The molecular weight excluding hydrogens is 768 g/mol. The first-order chi connectivity index (χ1) is 29.0. The summed E-state index contributed by atoms with van der Waals surface area (Å²) >= 11 is 0. The summed E-state index contributed by atoms with van der Waals surface area (Å²) in [5.41, 5.74) is 0. The first-order valence-corrected chi connectivity index (χ1v) is 27.9. The van der Waals surface area contributed by atoms with Crippen LogP contribution < -0.4 is 5.32 Å². The minimum Gasteiger partial charge on any atom is -0.391 e. The molecule has 9 heteroatoms. The molecule has 0 aromatic heterocycles. The number of nitrogens with one attached hydrogen (secondary N) is 1. The van der Waals surface area contributed by atoms with Gasteiger partial charge in [0.2, 0.25) is 5.91 Å². The molecule has 360 valence electrons. The standard InChI is InChI=1S/C51H105N2O6P/c1-6-8-10-12-14-16-18-20-22-23-24-25-26-27-28-29-30-31-32-34-36-38-40-42-44-50(54)49(48-59-60(56,57)58-47-46-53(3,4)5)52-51(55)45-43-41-39-37-35-33-21-19-17-15-13-11-9-7-2/h49-50,54H,6-48H2,1-5H3,(H-,52,55,56,57)/p+1. The lowest BCUT2D eigenvalue weighted by atomic mass is 10.0. The molecule has 0 saturated heterocycles. The van der Waals surface area contributed by atoms with Gasteiger partial charge in [-0.3, -0.25) is 13.8 Å². The highest BCUT2D eigenvalue weighted by Crippen LogP contribution is 2.43. The molecule has 0 rings (SSSR count). The smallest absolute Gasteiger partial charge is 0.391 e. The van der Waals surface area contributed by atoms with Crippen molar-refractivity contribution in [3.05, 3.63) is 0 Å². The Labute approximate surface area is 374 Å². The summed E-state index contributed by atoms with van der Waals surface area (Å²) in [6, 6.07) is -0.754. The van der Waals surface area contributed by atoms with Crippen LogP contribution in [0, 0.1) is 0 Å². The van der Waals surface area contributed by atoms with E-state index in [0.29, 0.717) is 23.9 Å². The minimum absolute atomic E-state index is 0.0789. The van der Waals surface area contributed by atoms with E-state index in [2.05, 4.69) is 19.2 Å². The van der Waals surface area contributed by atoms with Gasteiger partial charge in [-0.05, 0) is 12.8 Å². The molecule has 3 atom stereocenters. The summed E-state index contributed by atoms with van der Waals surface area (Å²) in [7, 11) is 1.63. The van der Waals surface area contributed by atoms with Crippen molar-refractivity contribution in [3.63, 3.8) is 0 Å². The zero-order valence-corrected chi connectivity index (χ0v) is 41.9. The number of likely N-dealkylation sites (N-methyl/N-ethyl adjacent to an activating group) is 1. The summed E-state index contributed by atoms with van der Waals surface area (Å²) in [6.07, 6.45) is 50.0. The maximum absolute atomic E-state index is 12.9. The first kappa shape index (κ1) is 59.5. The molecule has 0 bridgehead atoms. The molecule has 3 N–H and O–H groups in total. The molecule has 0 aromatic rings. The average Bonchev–Trinajstić information content (AvgIpc) is 3.20. The average molecular weight is 874 g/mol. The highest BCUT2D eigenvalue weighted by molar-refractivity contribution is 7.47. The highest BCUT2D eigenvalue weighted by atomic mass is 31.2. The molecule has 0 aliphatic carbocycles. The Hall–Kier alpha value is -0.500. The Morgan fingerprint density at radius 2 is 0.800 bits per heavy atom. The normalized spacial score (nSPS) is 14.1. The van der Waals surface area contributed by atoms with Gasteiger partial charge in [-0.1, -0.05) is 251 Å². The predicted molar refractivity (Wildman–Crippen MR) is 259 cm³/mol. The number of unbranched alkanes of at least 4 members (excludes halogenated alkanes) is 36. The fourth-order valence-corrected chi connectivity index (χ4v) is 8.90. The minimum atomic E-state index is -4.31. The van der Waals surface area contributed by atoms with Gasteiger partial charge in [0.05, 0.1) is 39.9 Å². The number of hydrogen-bond acceptors (Lipinski definition) is 5. The maximum atomic E-state index is 12.9. The van der Waals surface area contributed by atoms with Gasteiger partial charge in [0.25, 0.3) is 0 Å². The molecule has 0 heterocycles. The molecule has 0 aromatic carbocycles. The summed E-state index contributed by atoms with van der Waals surface area (Å²) < 4.78 is 23.7. The highest BCUT2D eigenvalue weighted by Gasteiger charge is 2.28. The van der Waals surface area contributed by atoms with Gasteiger partial charge in [-0.25, -0.2) is 4.57 Å². The van der Waals surface area contributed by atoms with E-state index in [1.807, 2.05) is 21.1 Å². The molecule has 0 spiro atoms. The number of nitrogens with zero attached hydrogens (tertiary/aromatic N) is 1. The topological polar surface area (TPSA) is 105 Å². The van der Waals surface area contributed by atoms with Gasteiger partial charge in [0.1, 0.15) is 13.2 Å². The number of hydrogen-bond donors (Lipinski definition) is 3. The van der Waals surface area contributed by atoms with E-state index in [4.69, 9.17) is 9.05 Å². The van der Waals surface area contributed by atoms with E-state index in [9.17, 15) is 19.4 Å². The van der Waals surface area contributed by atoms with Crippen LogP contribution in [0.1, 0.15) is 271 Å². The predicted octanol–water partition coefficient (Wildman–Crippen LogP) is 15.3. The molecule has 0 aliphatic heterocycles. The Morgan fingerprint density at radius 1 is 0.500 bits per heavy atom. The van der Waals surface area contributed by atoms with E-state index in [0.717, 1.165) is 38.5 Å². The zero-order chi connectivity index (χ0) is 44.3. The number of aliphatic hydroxyl groups excluding tert-OH is 1. The Bertz CT molecular complexity index is 947. The Balaban J connectivity index is 4.15. The number of phosphoric ester groups is 1. The monoisotopic (exact) mass is 874 g/mol. The summed E-state index contributed by atoms with van der Waals surface area (Å²) in [4.78, 5) is 23.2. The van der Waals surface area contributed by atoms with Crippen molar-refractivity contribution >= 4 is 13.7 Å². The van der Waals surface area contributed by atoms with Crippen LogP contribution in [-0.2, 0) is 18.4 Å². The van der Waals surface area contributed by atoms with Gasteiger partial charge >= 0.3 is 7.82 Å². The maximum Gasteiger partial charge on any atom is 0.472 e. The van der Waals surface area contributed by atoms with Crippen LogP contribution in [0.5, 0.6) is 0 Å². The van der Waals surface area contributed by atoms with E-state index in [-0.39, 0.29) is 19.1 Å². The lowest BCUT2D eigenvalue weighted by Crippen LogP contribution is -2.46. The zero-order valence-electron chi connectivity index (χ0n) is 41.0. The van der Waals surface area contributed by atoms with Gasteiger partial charge < -0.3 is 19.8 Å². The third kappa shape index (κ3) is 45.5. The van der Waals surface area contributed by atoms with Crippen LogP contribution >= 0.6 is 7.82 Å². The van der Waals surface area contributed by atoms with E-state index in [1.54, 1.807) is 0 Å². The van der Waals surface area contributed by atoms with Crippen molar-refractivity contribution in [1.29, 1.82) is 0 Å².